The van der Waals surface area contributed by atoms with Crippen molar-refractivity contribution in [3.8, 4) is 11.4 Å². The van der Waals surface area contributed by atoms with Gasteiger partial charge in [0.1, 0.15) is 32.5 Å². The van der Waals surface area contributed by atoms with Crippen LogP contribution in [0.3, 0.4) is 0 Å². The molecule has 0 unspecified atom stereocenters. The molecule has 0 saturated heterocycles. The number of primary amides is 1. The number of pyridine rings is 2. The maximum Gasteiger partial charge on any atom is 0.510 e. The summed E-state index contributed by atoms with van der Waals surface area (Å²) in [7, 11) is -3.55. The molecule has 33 heteroatoms. The van der Waals surface area contributed by atoms with Gasteiger partial charge in [-0.2, -0.15) is 4.31 Å². The third-order valence-corrected chi connectivity index (χ3v) is 16.2. The molecule has 4 heterocycles. The summed E-state index contributed by atoms with van der Waals surface area (Å²) in [5, 5.41) is 14.6. The van der Waals surface area contributed by atoms with E-state index in [2.05, 4.69) is 31.3 Å². The highest BCUT2D eigenvalue weighted by atomic mass is 32.2. The molecular formula is C62H87N11O21S. The molecule has 2 aliphatic rings. The molecule has 0 radical (unpaired) electrons. The van der Waals surface area contributed by atoms with Crippen molar-refractivity contribution in [2.75, 3.05) is 157 Å². The fraction of sp³-hybridized carbons (Fsp3) is 0.581. The lowest BCUT2D eigenvalue weighted by Crippen LogP contribution is -2.47. The number of carbonyl (C=O) groups is 6. The Bertz CT molecular complexity index is 3390. The first-order valence-corrected chi connectivity index (χ1v) is 33.1. The van der Waals surface area contributed by atoms with Gasteiger partial charge in [-0.1, -0.05) is 42.4 Å². The molecule has 6 rings (SSSR count). The summed E-state index contributed by atoms with van der Waals surface area (Å²) in [6, 6.07) is 13.0. The lowest BCUT2D eigenvalue weighted by molar-refractivity contribution is -0.175. The monoisotopic (exact) mass is 1350 g/mol. The number of nitrogens with two attached hydrogens (primary N) is 1. The predicted molar refractivity (Wildman–Crippen MR) is 342 cm³/mol. The van der Waals surface area contributed by atoms with E-state index in [1.165, 1.54) is 27.3 Å². The first kappa shape index (κ1) is 76.1. The number of hydrogen-bond acceptors (Lipinski definition) is 23. The quantitative estimate of drug-likeness (QED) is 0.0123. The van der Waals surface area contributed by atoms with E-state index in [1.54, 1.807) is 39.0 Å². The summed E-state index contributed by atoms with van der Waals surface area (Å²) in [4.78, 5) is 99.6. The first-order valence-electron chi connectivity index (χ1n) is 31.2. The molecule has 0 aliphatic carbocycles. The number of para-hydroxylation sites is 1. The molecule has 0 saturated carbocycles. The Hall–Kier alpha value is -7.92. The zero-order valence-electron chi connectivity index (χ0n) is 54.1. The average Bonchev–Trinajstić information content (AvgIpc) is 1.64. The second kappa shape index (κ2) is 40.5. The Labute approximate surface area is 550 Å². The van der Waals surface area contributed by atoms with Gasteiger partial charge < -0.3 is 88.4 Å². The predicted octanol–water partition coefficient (Wildman–Crippen LogP) is 3.10. The SMILES string of the molecule is CC[C@@]1(OC(=O)OCc2ccc(NC(=O)[C@H](CCCNC(N)=O)NC(=O)COCC(=O)NCCOCCOCCOCCOCCOCCOCCOCCOCCN=[N+]=[N-])cc2)C(=O)OCc2c1cc1n(c2=O)Cc2c-1nc1ccccc1c2CCN(C(C)C)S(C)(=O)=O. The number of fused-ring (bicyclic) bond motifs is 5. The maximum absolute atomic E-state index is 14.4. The van der Waals surface area contributed by atoms with E-state index in [4.69, 9.17) is 73.1 Å². The number of hydrogen-bond donors (Lipinski definition) is 5. The minimum Gasteiger partial charge on any atom is -0.457 e. The Balaban J connectivity index is 0.867. The molecule has 6 N–H and O–H groups in total. The fourth-order valence-electron chi connectivity index (χ4n) is 10.2. The van der Waals surface area contributed by atoms with Gasteiger partial charge in [0.15, 0.2) is 0 Å². The molecule has 95 heavy (non-hydrogen) atoms. The summed E-state index contributed by atoms with van der Waals surface area (Å²) in [6.45, 7) is 10.4. The lowest BCUT2D eigenvalue weighted by atomic mass is 9.85. The van der Waals surface area contributed by atoms with Crippen molar-refractivity contribution in [2.24, 2.45) is 10.8 Å². The van der Waals surface area contributed by atoms with Crippen molar-refractivity contribution in [3.63, 3.8) is 0 Å². The van der Waals surface area contributed by atoms with Gasteiger partial charge in [0.2, 0.25) is 33.3 Å². The van der Waals surface area contributed by atoms with Crippen molar-refractivity contribution in [3.05, 3.63) is 103 Å². The number of sulfonamides is 1. The molecule has 2 aliphatic heterocycles. The van der Waals surface area contributed by atoms with Gasteiger partial charge in [-0.3, -0.25) is 19.2 Å². The average molecular weight is 1350 g/mol. The highest BCUT2D eigenvalue weighted by molar-refractivity contribution is 7.88. The normalized spacial score (nSPS) is 14.3. The summed E-state index contributed by atoms with van der Waals surface area (Å²) >= 11 is 0. The van der Waals surface area contributed by atoms with Crippen LogP contribution in [-0.2, 0) is 118 Å². The number of aromatic nitrogens is 2. The lowest BCUT2D eigenvalue weighted by Gasteiger charge is -2.35. The Morgan fingerprint density at radius 1 is 0.779 bits per heavy atom. The molecule has 2 aromatic heterocycles. The zero-order chi connectivity index (χ0) is 68.4. The molecule has 0 fully saturated rings. The van der Waals surface area contributed by atoms with Gasteiger partial charge in [-0.25, -0.2) is 27.8 Å². The van der Waals surface area contributed by atoms with Crippen LogP contribution in [0.25, 0.3) is 32.7 Å². The van der Waals surface area contributed by atoms with Gasteiger partial charge in [0, 0.05) is 59.3 Å². The van der Waals surface area contributed by atoms with Crippen molar-refractivity contribution in [1.29, 1.82) is 0 Å². The molecule has 522 valence electrons. The molecule has 2 atom stereocenters. The van der Waals surface area contributed by atoms with E-state index in [-0.39, 0.29) is 89.0 Å². The third kappa shape index (κ3) is 24.7. The van der Waals surface area contributed by atoms with Gasteiger partial charge in [0.25, 0.3) is 5.56 Å². The van der Waals surface area contributed by atoms with Gasteiger partial charge in [0.05, 0.1) is 141 Å². The van der Waals surface area contributed by atoms with Crippen molar-refractivity contribution >= 4 is 62.5 Å². The number of urea groups is 1. The molecule has 5 amide bonds. The minimum atomic E-state index is -3.55. The first-order chi connectivity index (χ1) is 45.9. The Morgan fingerprint density at radius 3 is 1.95 bits per heavy atom. The Kier molecular flexibility index (Phi) is 32.4. The number of carbonyl (C=O) groups excluding carboxylic acids is 6. The van der Waals surface area contributed by atoms with Crippen LogP contribution in [0.2, 0.25) is 0 Å². The highest BCUT2D eigenvalue weighted by Gasteiger charge is 2.51. The highest BCUT2D eigenvalue weighted by Crippen LogP contribution is 2.42. The second-order valence-corrected chi connectivity index (χ2v) is 23.7. The summed E-state index contributed by atoms with van der Waals surface area (Å²) in [6.07, 6.45) is 0.438. The van der Waals surface area contributed by atoms with Gasteiger partial charge in [-0.05, 0) is 80.5 Å². The standard InChI is InChI=1S/C62H87N11O21S/c1-5-62(50-37-53-56-48(38-72(53)58(77)49(50)40-92-59(62)78)46(47-9-6-7-10-51(47)70-56)16-20-73(43(2)3)95(4,81)82)94-61(80)93-39-44-12-14-45(15-13-44)68-57(76)52(11-8-17-66-60(63)79)69-55(75)42-91-41-54(74)65-18-21-83-23-25-85-27-29-87-31-33-89-35-36-90-34-32-88-30-28-86-26-24-84-22-19-67-71-64/h6-7,9-10,12-15,37,43,52H,5,8,11,16-36,38-42H2,1-4H3,(H,65,74)(H,68,76)(H,69,75)(H3,63,66,79)/t52-,62-/m0/s1. The number of azide groups is 1. The van der Waals surface area contributed by atoms with Crippen LogP contribution in [0.1, 0.15) is 67.9 Å². The summed E-state index contributed by atoms with van der Waals surface area (Å²) < 4.78 is 94.1. The van der Waals surface area contributed by atoms with E-state index in [1.807, 2.05) is 24.3 Å². The number of cyclic esters (lactones) is 1. The number of esters is 1. The molecule has 0 bridgehead atoms. The number of benzene rings is 2. The van der Waals surface area contributed by atoms with Crippen molar-refractivity contribution in [1.82, 2.24) is 29.8 Å². The molecule has 0 spiro atoms. The van der Waals surface area contributed by atoms with E-state index in [0.717, 1.165) is 16.5 Å². The number of nitrogens with zero attached hydrogens (tertiary/aromatic N) is 6. The van der Waals surface area contributed by atoms with Crippen molar-refractivity contribution < 1.29 is 94.0 Å². The van der Waals surface area contributed by atoms with Crippen LogP contribution < -0.4 is 32.6 Å². The van der Waals surface area contributed by atoms with Crippen LogP contribution in [0.5, 0.6) is 0 Å². The number of rotatable bonds is 47. The van der Waals surface area contributed by atoms with E-state index >= 15 is 0 Å². The van der Waals surface area contributed by atoms with Crippen LogP contribution in [-0.4, -0.2) is 222 Å². The van der Waals surface area contributed by atoms with Crippen LogP contribution in [0.15, 0.2) is 64.5 Å². The second-order valence-electron chi connectivity index (χ2n) is 21.8. The molecule has 4 aromatic rings. The van der Waals surface area contributed by atoms with Crippen LogP contribution in [0, 0.1) is 0 Å². The molecule has 32 nitrogen and oxygen atoms in total. The number of amides is 5. The number of nitrogens with one attached hydrogen (secondary N) is 4. The van der Waals surface area contributed by atoms with Crippen LogP contribution >= 0.6 is 0 Å². The topological polar surface area (TPSA) is 408 Å². The largest absolute Gasteiger partial charge is 0.510 e. The van der Waals surface area contributed by atoms with Crippen LogP contribution in [0.4, 0.5) is 15.3 Å². The van der Waals surface area contributed by atoms with E-state index in [9.17, 15) is 42.0 Å². The summed E-state index contributed by atoms with van der Waals surface area (Å²) in [5.74, 6) is -2.73. The molecular weight excluding hydrogens is 1270 g/mol. The zero-order valence-corrected chi connectivity index (χ0v) is 54.9. The number of anilines is 1. The minimum absolute atomic E-state index is 0.0718. The number of ether oxygens (including phenoxy) is 12. The molecule has 2 aromatic carbocycles. The van der Waals surface area contributed by atoms with Gasteiger partial charge >= 0.3 is 18.2 Å². The van der Waals surface area contributed by atoms with Crippen molar-refractivity contribution in [2.45, 2.75) is 83.9 Å². The van der Waals surface area contributed by atoms with E-state index < -0.39 is 76.3 Å². The summed E-state index contributed by atoms with van der Waals surface area (Å²) in [5.41, 5.74) is 14.8. The maximum atomic E-state index is 14.4. The van der Waals surface area contributed by atoms with E-state index in [0.29, 0.717) is 134 Å². The fourth-order valence-corrected chi connectivity index (χ4v) is 11.4. The Morgan fingerprint density at radius 2 is 1.37 bits per heavy atom. The third-order valence-electron chi connectivity index (χ3n) is 14.8. The smallest absolute Gasteiger partial charge is 0.457 e. The van der Waals surface area contributed by atoms with Gasteiger partial charge in [-0.15, -0.1) is 0 Å².